The van der Waals surface area contributed by atoms with Crippen LogP contribution in [0.5, 0.6) is 0 Å². The fourth-order valence-corrected chi connectivity index (χ4v) is 0.991. The van der Waals surface area contributed by atoms with Gasteiger partial charge in [-0.05, 0) is 18.4 Å². The fraction of sp³-hybridized carbons (Fsp3) is 0.500. The molecule has 0 aromatic rings. The Morgan fingerprint density at radius 3 is 3.18 bits per heavy atom. The standard InChI is InChI=1S/C10H15N/c1-2-3-8-11-9-10-6-4-5-7-10/h4-6,9H,2-3,7-8H2,1H3. The van der Waals surface area contributed by atoms with Crippen molar-refractivity contribution < 1.29 is 0 Å². The average molecular weight is 149 g/mol. The number of hydrogen-bond acceptors (Lipinski definition) is 1. The zero-order chi connectivity index (χ0) is 7.94. The van der Waals surface area contributed by atoms with Gasteiger partial charge in [-0.2, -0.15) is 0 Å². The normalized spacial score (nSPS) is 16.3. The lowest BCUT2D eigenvalue weighted by Crippen LogP contribution is -1.83. The van der Waals surface area contributed by atoms with Crippen molar-refractivity contribution >= 4 is 6.21 Å². The number of nitrogens with zero attached hydrogens (tertiary/aromatic N) is 1. The Morgan fingerprint density at radius 2 is 2.55 bits per heavy atom. The first-order valence-electron chi connectivity index (χ1n) is 4.29. The van der Waals surface area contributed by atoms with Crippen molar-refractivity contribution in [3.05, 3.63) is 23.8 Å². The summed E-state index contributed by atoms with van der Waals surface area (Å²) in [6.07, 6.45) is 11.9. The van der Waals surface area contributed by atoms with Crippen molar-refractivity contribution in [1.29, 1.82) is 0 Å². The zero-order valence-electron chi connectivity index (χ0n) is 7.09. The fourth-order valence-electron chi connectivity index (χ4n) is 0.991. The molecule has 11 heavy (non-hydrogen) atoms. The number of unbranched alkanes of at least 4 members (excludes halogenated alkanes) is 1. The van der Waals surface area contributed by atoms with Crippen molar-refractivity contribution in [3.63, 3.8) is 0 Å². The molecule has 0 amide bonds. The van der Waals surface area contributed by atoms with Gasteiger partial charge in [-0.3, -0.25) is 4.99 Å². The topological polar surface area (TPSA) is 12.4 Å². The van der Waals surface area contributed by atoms with Crippen LogP contribution < -0.4 is 0 Å². The van der Waals surface area contributed by atoms with Crippen LogP contribution >= 0.6 is 0 Å². The van der Waals surface area contributed by atoms with E-state index in [2.05, 4.69) is 30.1 Å². The van der Waals surface area contributed by atoms with Crippen LogP contribution in [-0.2, 0) is 0 Å². The molecule has 0 heterocycles. The second-order valence-electron chi connectivity index (χ2n) is 2.76. The number of rotatable bonds is 4. The largest absolute Gasteiger partial charge is 0.293 e. The molecule has 0 atom stereocenters. The third-order valence-corrected chi connectivity index (χ3v) is 1.70. The molecule has 1 aliphatic carbocycles. The Balaban J connectivity index is 2.15. The average Bonchev–Trinajstić information content (AvgIpc) is 2.50. The third kappa shape index (κ3) is 3.17. The van der Waals surface area contributed by atoms with E-state index in [4.69, 9.17) is 0 Å². The molecule has 0 aromatic heterocycles. The predicted octanol–water partition coefficient (Wildman–Crippen LogP) is 2.74. The van der Waals surface area contributed by atoms with E-state index < -0.39 is 0 Å². The summed E-state index contributed by atoms with van der Waals surface area (Å²) in [7, 11) is 0. The first-order chi connectivity index (χ1) is 5.43. The monoisotopic (exact) mass is 149 g/mol. The Bertz CT molecular complexity index is 187. The van der Waals surface area contributed by atoms with Gasteiger partial charge in [0.05, 0.1) is 0 Å². The molecule has 1 nitrogen and oxygen atoms in total. The molecule has 0 fully saturated rings. The number of allylic oxidation sites excluding steroid dienone is 4. The Morgan fingerprint density at radius 1 is 1.64 bits per heavy atom. The summed E-state index contributed by atoms with van der Waals surface area (Å²) >= 11 is 0. The van der Waals surface area contributed by atoms with Gasteiger partial charge in [-0.15, -0.1) is 0 Å². The van der Waals surface area contributed by atoms with Gasteiger partial charge in [0.15, 0.2) is 0 Å². The van der Waals surface area contributed by atoms with Crippen LogP contribution in [0, 0.1) is 0 Å². The third-order valence-electron chi connectivity index (χ3n) is 1.70. The molecule has 0 saturated heterocycles. The van der Waals surface area contributed by atoms with Crippen LogP contribution in [0.25, 0.3) is 0 Å². The maximum Gasteiger partial charge on any atom is 0.0389 e. The molecule has 0 aliphatic heterocycles. The van der Waals surface area contributed by atoms with Gasteiger partial charge >= 0.3 is 0 Å². The molecule has 0 radical (unpaired) electrons. The highest BCUT2D eigenvalue weighted by molar-refractivity contribution is 5.80. The second kappa shape index (κ2) is 4.89. The summed E-state index contributed by atoms with van der Waals surface area (Å²) in [6, 6.07) is 0. The van der Waals surface area contributed by atoms with E-state index in [9.17, 15) is 0 Å². The lowest BCUT2D eigenvalue weighted by atomic mass is 10.2. The molecule has 1 rings (SSSR count). The summed E-state index contributed by atoms with van der Waals surface area (Å²) in [4.78, 5) is 4.31. The minimum absolute atomic E-state index is 0.980. The maximum absolute atomic E-state index is 4.31. The summed E-state index contributed by atoms with van der Waals surface area (Å²) in [6.45, 7) is 3.17. The summed E-state index contributed by atoms with van der Waals surface area (Å²) in [5, 5.41) is 0. The zero-order valence-corrected chi connectivity index (χ0v) is 7.09. The van der Waals surface area contributed by atoms with Gasteiger partial charge in [0.1, 0.15) is 0 Å². The van der Waals surface area contributed by atoms with E-state index >= 15 is 0 Å². The van der Waals surface area contributed by atoms with Crippen molar-refractivity contribution in [2.24, 2.45) is 4.99 Å². The summed E-state index contributed by atoms with van der Waals surface area (Å²) in [5.41, 5.74) is 1.33. The Labute approximate surface area is 68.5 Å². The second-order valence-corrected chi connectivity index (χ2v) is 2.76. The van der Waals surface area contributed by atoms with Gasteiger partial charge in [0, 0.05) is 12.8 Å². The van der Waals surface area contributed by atoms with Crippen LogP contribution in [0.4, 0.5) is 0 Å². The van der Waals surface area contributed by atoms with Crippen LogP contribution in [-0.4, -0.2) is 12.8 Å². The number of aliphatic imine (C=N–C) groups is 1. The van der Waals surface area contributed by atoms with Gasteiger partial charge in [0.25, 0.3) is 0 Å². The summed E-state index contributed by atoms with van der Waals surface area (Å²) in [5.74, 6) is 0. The molecule has 0 N–H and O–H groups in total. The lowest BCUT2D eigenvalue weighted by molar-refractivity contribution is 0.810. The van der Waals surface area contributed by atoms with Crippen LogP contribution in [0.1, 0.15) is 26.2 Å². The molecule has 0 aromatic carbocycles. The maximum atomic E-state index is 4.31. The Hall–Kier alpha value is -0.850. The van der Waals surface area contributed by atoms with Crippen LogP contribution in [0.15, 0.2) is 28.8 Å². The molecule has 0 unspecified atom stereocenters. The van der Waals surface area contributed by atoms with Crippen molar-refractivity contribution in [2.75, 3.05) is 6.54 Å². The van der Waals surface area contributed by atoms with E-state index in [1.165, 1.54) is 18.4 Å². The van der Waals surface area contributed by atoms with Gasteiger partial charge < -0.3 is 0 Å². The minimum Gasteiger partial charge on any atom is -0.293 e. The van der Waals surface area contributed by atoms with E-state index in [-0.39, 0.29) is 0 Å². The quantitative estimate of drug-likeness (QED) is 0.430. The van der Waals surface area contributed by atoms with Gasteiger partial charge in [-0.25, -0.2) is 0 Å². The molecular formula is C10H15N. The van der Waals surface area contributed by atoms with E-state index in [1.54, 1.807) is 0 Å². The predicted molar refractivity (Wildman–Crippen MR) is 50.1 cm³/mol. The molecule has 1 aliphatic rings. The molecular weight excluding hydrogens is 134 g/mol. The van der Waals surface area contributed by atoms with Crippen LogP contribution in [0.3, 0.4) is 0 Å². The number of hydrogen-bond donors (Lipinski definition) is 0. The highest BCUT2D eigenvalue weighted by atomic mass is 14.7. The lowest BCUT2D eigenvalue weighted by Gasteiger charge is -1.90. The first-order valence-corrected chi connectivity index (χ1v) is 4.29. The van der Waals surface area contributed by atoms with E-state index in [1.807, 2.05) is 6.21 Å². The van der Waals surface area contributed by atoms with E-state index in [0.717, 1.165) is 13.0 Å². The molecule has 1 heteroatoms. The first kappa shape index (κ1) is 8.25. The highest BCUT2D eigenvalue weighted by Gasteiger charge is 1.92. The smallest absolute Gasteiger partial charge is 0.0389 e. The van der Waals surface area contributed by atoms with Crippen molar-refractivity contribution in [1.82, 2.24) is 0 Å². The highest BCUT2D eigenvalue weighted by Crippen LogP contribution is 2.06. The SMILES string of the molecule is CCCCN=CC1=CC=CC1. The molecule has 0 saturated carbocycles. The van der Waals surface area contributed by atoms with Crippen molar-refractivity contribution in [3.8, 4) is 0 Å². The molecule has 60 valence electrons. The molecule has 0 spiro atoms. The summed E-state index contributed by atoms with van der Waals surface area (Å²) < 4.78 is 0. The van der Waals surface area contributed by atoms with E-state index in [0.29, 0.717) is 0 Å². The van der Waals surface area contributed by atoms with Gasteiger partial charge in [0.2, 0.25) is 0 Å². The molecule has 0 bridgehead atoms. The Kier molecular flexibility index (Phi) is 3.67. The van der Waals surface area contributed by atoms with Crippen LogP contribution in [0.2, 0.25) is 0 Å². The minimum atomic E-state index is 0.980. The van der Waals surface area contributed by atoms with Crippen molar-refractivity contribution in [2.45, 2.75) is 26.2 Å². The van der Waals surface area contributed by atoms with Gasteiger partial charge in [-0.1, -0.05) is 31.6 Å².